The molecule has 0 aliphatic carbocycles. The fourth-order valence-corrected chi connectivity index (χ4v) is 2.50. The van der Waals surface area contributed by atoms with Crippen LogP contribution in [-0.4, -0.2) is 14.8 Å². The number of nitrogens with one attached hydrogen (secondary N) is 1. The number of rotatable bonds is 4. The molecule has 0 spiro atoms. The van der Waals surface area contributed by atoms with Crippen LogP contribution < -0.4 is 11.4 Å². The molecule has 1 aromatic heterocycles. The van der Waals surface area contributed by atoms with E-state index in [4.69, 9.17) is 11.0 Å². The minimum atomic E-state index is -0.222. The molecule has 0 amide bonds. The number of nitrogens with two attached hydrogens (primary N) is 1. The second-order valence-electron chi connectivity index (χ2n) is 3.93. The fraction of sp³-hybridized carbons (Fsp3) is 0.250. The topological polar surface area (TPSA) is 100 Å². The van der Waals surface area contributed by atoms with Gasteiger partial charge in [-0.2, -0.15) is 5.26 Å². The van der Waals surface area contributed by atoms with Crippen LogP contribution in [0.3, 0.4) is 0 Å². The highest BCUT2D eigenvalue weighted by molar-refractivity contribution is 7.99. The van der Waals surface area contributed by atoms with Crippen molar-refractivity contribution < 1.29 is 0 Å². The van der Waals surface area contributed by atoms with Gasteiger partial charge in [0.15, 0.2) is 5.16 Å². The normalized spacial score (nSPS) is 10.3. The number of hydrogen-bond acceptors (Lipinski definition) is 5. The Bertz CT molecular complexity index is 682. The van der Waals surface area contributed by atoms with Gasteiger partial charge in [-0.25, -0.2) is 9.89 Å². The Hall–Kier alpha value is -2.20. The van der Waals surface area contributed by atoms with E-state index in [2.05, 4.69) is 10.2 Å². The fourth-order valence-electron chi connectivity index (χ4n) is 1.60. The molecule has 6 nitrogen and oxygen atoms in total. The molecular weight excluding hydrogens is 262 g/mol. The van der Waals surface area contributed by atoms with Crippen LogP contribution in [0.4, 0.5) is 5.69 Å². The van der Waals surface area contributed by atoms with Gasteiger partial charge < -0.3 is 5.73 Å². The number of anilines is 1. The van der Waals surface area contributed by atoms with Gasteiger partial charge in [0.1, 0.15) is 6.07 Å². The molecule has 2 aromatic rings. The van der Waals surface area contributed by atoms with E-state index in [1.165, 1.54) is 11.8 Å². The molecule has 1 aromatic carbocycles. The predicted octanol–water partition coefficient (Wildman–Crippen LogP) is 1.59. The van der Waals surface area contributed by atoms with Crippen molar-refractivity contribution in [3.05, 3.63) is 34.2 Å². The first kappa shape index (κ1) is 13.2. The summed E-state index contributed by atoms with van der Waals surface area (Å²) in [5.41, 5.74) is 6.31. The second-order valence-corrected chi connectivity index (χ2v) is 4.97. The van der Waals surface area contributed by atoms with Crippen LogP contribution in [0.1, 0.15) is 18.9 Å². The lowest BCUT2D eigenvalue weighted by Crippen LogP contribution is -2.17. The molecule has 1 heterocycles. The van der Waals surface area contributed by atoms with Crippen molar-refractivity contribution in [1.29, 1.82) is 5.26 Å². The van der Waals surface area contributed by atoms with Gasteiger partial charge >= 0.3 is 5.69 Å². The number of benzene rings is 1. The monoisotopic (exact) mass is 275 g/mol. The standard InChI is InChI=1S/C12H13N5OS/c1-2-5-17-11(18)15-16-12(17)19-9-3-4-10(14)8(6-9)7-13/h3-4,6H,2,5,14H2,1H3,(H,15,18). The van der Waals surface area contributed by atoms with Crippen molar-refractivity contribution in [3.63, 3.8) is 0 Å². The van der Waals surface area contributed by atoms with Crippen molar-refractivity contribution in [1.82, 2.24) is 14.8 Å². The zero-order valence-corrected chi connectivity index (χ0v) is 11.2. The molecule has 0 aliphatic rings. The number of hydrogen-bond donors (Lipinski definition) is 2. The Morgan fingerprint density at radius 2 is 2.37 bits per heavy atom. The van der Waals surface area contributed by atoms with Crippen molar-refractivity contribution in [2.45, 2.75) is 29.9 Å². The smallest absolute Gasteiger partial charge is 0.343 e. The molecule has 0 unspecified atom stereocenters. The molecule has 0 atom stereocenters. The van der Waals surface area contributed by atoms with Crippen molar-refractivity contribution in [3.8, 4) is 6.07 Å². The highest BCUT2D eigenvalue weighted by atomic mass is 32.2. The van der Waals surface area contributed by atoms with E-state index in [1.807, 2.05) is 13.0 Å². The van der Waals surface area contributed by atoms with Gasteiger partial charge in [0.25, 0.3) is 0 Å². The summed E-state index contributed by atoms with van der Waals surface area (Å²) in [4.78, 5) is 12.4. The van der Waals surface area contributed by atoms with Gasteiger partial charge in [0.2, 0.25) is 0 Å². The average molecular weight is 275 g/mol. The van der Waals surface area contributed by atoms with Gasteiger partial charge in [0, 0.05) is 17.1 Å². The zero-order valence-electron chi connectivity index (χ0n) is 10.4. The second kappa shape index (κ2) is 5.63. The van der Waals surface area contributed by atoms with Gasteiger partial charge in [-0.15, -0.1) is 5.10 Å². The highest BCUT2D eigenvalue weighted by Gasteiger charge is 2.10. The summed E-state index contributed by atoms with van der Waals surface area (Å²) in [6, 6.07) is 7.20. The van der Waals surface area contributed by atoms with Crippen LogP contribution in [0.5, 0.6) is 0 Å². The lowest BCUT2D eigenvalue weighted by molar-refractivity contribution is 0.604. The maximum Gasteiger partial charge on any atom is 0.343 e. The summed E-state index contributed by atoms with van der Waals surface area (Å²) in [6.45, 7) is 2.60. The molecule has 7 heteroatoms. The van der Waals surface area contributed by atoms with E-state index >= 15 is 0 Å². The zero-order chi connectivity index (χ0) is 13.8. The largest absolute Gasteiger partial charge is 0.398 e. The minimum absolute atomic E-state index is 0.222. The van der Waals surface area contributed by atoms with Crippen LogP contribution in [0.15, 0.2) is 33.0 Å². The summed E-state index contributed by atoms with van der Waals surface area (Å²) in [7, 11) is 0. The van der Waals surface area contributed by atoms with Crippen LogP contribution in [0.2, 0.25) is 0 Å². The first-order valence-electron chi connectivity index (χ1n) is 5.78. The van der Waals surface area contributed by atoms with Gasteiger partial charge in [-0.05, 0) is 36.4 Å². The third-order valence-corrected chi connectivity index (χ3v) is 3.51. The summed E-state index contributed by atoms with van der Waals surface area (Å²) < 4.78 is 1.58. The Labute approximate surface area is 114 Å². The first-order chi connectivity index (χ1) is 9.15. The van der Waals surface area contributed by atoms with Crippen LogP contribution in [0, 0.1) is 11.3 Å². The molecule has 0 fully saturated rings. The van der Waals surface area contributed by atoms with Crippen molar-refractivity contribution in [2.24, 2.45) is 0 Å². The Kier molecular flexibility index (Phi) is 3.92. The van der Waals surface area contributed by atoms with Gasteiger partial charge in [-0.1, -0.05) is 6.92 Å². The van der Waals surface area contributed by atoms with Crippen molar-refractivity contribution >= 4 is 17.4 Å². The third-order valence-electron chi connectivity index (χ3n) is 2.52. The number of aromatic amines is 1. The van der Waals surface area contributed by atoms with E-state index in [0.29, 0.717) is 23.0 Å². The lowest BCUT2D eigenvalue weighted by Gasteiger charge is -2.04. The maximum atomic E-state index is 11.6. The SMILES string of the molecule is CCCn1c(Sc2ccc(N)c(C#N)c2)n[nH]c1=O. The highest BCUT2D eigenvalue weighted by Crippen LogP contribution is 2.27. The van der Waals surface area contributed by atoms with Crippen molar-refractivity contribution in [2.75, 3.05) is 5.73 Å². The first-order valence-corrected chi connectivity index (χ1v) is 6.60. The van der Waals surface area contributed by atoms with E-state index in [-0.39, 0.29) is 5.69 Å². The van der Waals surface area contributed by atoms with Gasteiger partial charge in [0.05, 0.1) is 5.56 Å². The maximum absolute atomic E-state index is 11.6. The molecule has 3 N–H and O–H groups in total. The predicted molar refractivity (Wildman–Crippen MR) is 72.8 cm³/mol. The quantitative estimate of drug-likeness (QED) is 0.825. The molecule has 19 heavy (non-hydrogen) atoms. The average Bonchev–Trinajstić information content (AvgIpc) is 2.74. The summed E-state index contributed by atoms with van der Waals surface area (Å²) in [5.74, 6) is 0. The summed E-state index contributed by atoms with van der Waals surface area (Å²) in [5, 5.41) is 15.9. The molecule has 0 saturated carbocycles. The summed E-state index contributed by atoms with van der Waals surface area (Å²) in [6.07, 6.45) is 0.845. The lowest BCUT2D eigenvalue weighted by atomic mass is 10.2. The van der Waals surface area contributed by atoms with E-state index in [1.54, 1.807) is 22.8 Å². The molecule has 0 saturated heterocycles. The Morgan fingerprint density at radius 3 is 3.05 bits per heavy atom. The van der Waals surface area contributed by atoms with Gasteiger partial charge in [-0.3, -0.25) is 4.57 Å². The molecule has 0 aliphatic heterocycles. The van der Waals surface area contributed by atoms with E-state index in [0.717, 1.165) is 11.3 Å². The Morgan fingerprint density at radius 1 is 1.58 bits per heavy atom. The molecule has 0 bridgehead atoms. The van der Waals surface area contributed by atoms with E-state index in [9.17, 15) is 4.79 Å². The van der Waals surface area contributed by atoms with E-state index < -0.39 is 0 Å². The number of H-pyrrole nitrogens is 1. The number of nitriles is 1. The minimum Gasteiger partial charge on any atom is -0.398 e. The third kappa shape index (κ3) is 2.80. The van der Waals surface area contributed by atoms with Crippen LogP contribution in [0.25, 0.3) is 0 Å². The Balaban J connectivity index is 2.32. The van der Waals surface area contributed by atoms with Crippen LogP contribution >= 0.6 is 11.8 Å². The molecule has 98 valence electrons. The molecule has 0 radical (unpaired) electrons. The number of nitrogen functional groups attached to an aromatic ring is 1. The number of aromatic nitrogens is 3. The number of nitrogens with zero attached hydrogens (tertiary/aromatic N) is 3. The molecule has 2 rings (SSSR count). The van der Waals surface area contributed by atoms with Crippen LogP contribution in [-0.2, 0) is 6.54 Å². The summed E-state index contributed by atoms with van der Waals surface area (Å²) >= 11 is 1.33. The molecular formula is C12H13N5OS.